The molecule has 1 aromatic carbocycles. The molecule has 35 heavy (non-hydrogen) atoms. The molecule has 2 atom stereocenters. The fourth-order valence-electron chi connectivity index (χ4n) is 5.00. The van der Waals surface area contributed by atoms with E-state index in [0.29, 0.717) is 24.1 Å². The first-order chi connectivity index (χ1) is 16.7. The molecule has 1 amide bonds. The molecule has 198 valence electrons. The summed E-state index contributed by atoms with van der Waals surface area (Å²) in [6.07, 6.45) is -0.237. The summed E-state index contributed by atoms with van der Waals surface area (Å²) < 4.78 is 45.0. The van der Waals surface area contributed by atoms with Gasteiger partial charge < -0.3 is 15.0 Å². The number of amides is 1. The van der Waals surface area contributed by atoms with Gasteiger partial charge in [-0.3, -0.25) is 14.9 Å². The Bertz CT molecular complexity index is 857. The molecule has 0 radical (unpaired) electrons. The average molecular weight is 502 g/mol. The molecule has 2 unspecified atom stereocenters. The third kappa shape index (κ3) is 7.39. The summed E-state index contributed by atoms with van der Waals surface area (Å²) in [5, 5.41) is 14.9. The highest BCUT2D eigenvalue weighted by Crippen LogP contribution is 2.38. The lowest BCUT2D eigenvalue weighted by Gasteiger charge is -2.31. The second kappa shape index (κ2) is 13.2. The van der Waals surface area contributed by atoms with E-state index in [0.717, 1.165) is 45.0 Å². The van der Waals surface area contributed by atoms with Gasteiger partial charge in [0.1, 0.15) is 0 Å². The minimum Gasteiger partial charge on any atom is -0.381 e. The number of benzene rings is 1. The number of carbonyl (C=O) groups is 1. The minimum absolute atomic E-state index is 0.0204. The van der Waals surface area contributed by atoms with E-state index in [1.54, 1.807) is 4.90 Å². The molecule has 10 heteroatoms. The number of ether oxygens (including phenoxy) is 1. The molecule has 7 nitrogen and oxygen atoms in total. The maximum absolute atomic E-state index is 13.2. The molecule has 2 fully saturated rings. The van der Waals surface area contributed by atoms with Crippen LogP contribution >= 0.6 is 0 Å². The Balaban J connectivity index is 0.00000103. The Labute approximate surface area is 205 Å². The molecule has 2 heterocycles. The summed E-state index contributed by atoms with van der Waals surface area (Å²) in [7, 11) is 0. The first kappa shape index (κ1) is 29.0. The van der Waals surface area contributed by atoms with Crippen molar-refractivity contribution in [3.8, 4) is 0 Å². The number of hydrogen-bond donors (Lipinski definition) is 1. The van der Waals surface area contributed by atoms with E-state index in [1.165, 1.54) is 0 Å². The van der Waals surface area contributed by atoms with Crippen molar-refractivity contribution in [3.63, 3.8) is 0 Å². The normalized spacial score (nSPS) is 22.3. The third-order valence-electron chi connectivity index (χ3n) is 6.62. The maximum Gasteiger partial charge on any atom is 0.416 e. The molecule has 2 aliphatic heterocycles. The van der Waals surface area contributed by atoms with Crippen LogP contribution in [0.2, 0.25) is 0 Å². The zero-order chi connectivity index (χ0) is 26.2. The van der Waals surface area contributed by atoms with Crippen LogP contribution in [0.1, 0.15) is 76.5 Å². The molecule has 1 saturated carbocycles. The maximum atomic E-state index is 13.2. The number of halogens is 3. The predicted octanol–water partition coefficient (Wildman–Crippen LogP) is 5.49. The van der Waals surface area contributed by atoms with Gasteiger partial charge in [0.15, 0.2) is 0 Å². The topological polar surface area (TPSA) is 84.7 Å². The Morgan fingerprint density at radius 3 is 2.34 bits per heavy atom. The third-order valence-corrected chi connectivity index (χ3v) is 6.62. The van der Waals surface area contributed by atoms with Crippen LogP contribution in [0.4, 0.5) is 18.9 Å². The van der Waals surface area contributed by atoms with Crippen LogP contribution < -0.4 is 5.32 Å². The van der Waals surface area contributed by atoms with Gasteiger partial charge in [0.05, 0.1) is 10.5 Å². The molecule has 0 aromatic heterocycles. The monoisotopic (exact) mass is 501 g/mol. The van der Waals surface area contributed by atoms with Crippen LogP contribution in [0, 0.1) is 16.0 Å². The molecule has 1 saturated heterocycles. The molecule has 1 aliphatic carbocycles. The van der Waals surface area contributed by atoms with Crippen molar-refractivity contribution in [2.45, 2.75) is 91.0 Å². The van der Waals surface area contributed by atoms with Crippen LogP contribution in [0.5, 0.6) is 0 Å². The minimum atomic E-state index is -4.68. The number of fused-ring (bicyclic) bond motifs is 1. The smallest absolute Gasteiger partial charge is 0.381 e. The zero-order valence-electron chi connectivity index (χ0n) is 21.1. The second-order valence-electron chi connectivity index (χ2n) is 8.66. The van der Waals surface area contributed by atoms with Gasteiger partial charge in [-0.05, 0) is 50.2 Å². The van der Waals surface area contributed by atoms with E-state index < -0.39 is 22.4 Å². The van der Waals surface area contributed by atoms with Crippen molar-refractivity contribution in [2.24, 2.45) is 5.92 Å². The lowest BCUT2D eigenvalue weighted by molar-refractivity contribution is -0.385. The van der Waals surface area contributed by atoms with Gasteiger partial charge in [-0.1, -0.05) is 27.7 Å². The first-order valence-electron chi connectivity index (χ1n) is 12.7. The van der Waals surface area contributed by atoms with Crippen molar-refractivity contribution < 1.29 is 27.6 Å². The van der Waals surface area contributed by atoms with E-state index in [1.807, 2.05) is 27.7 Å². The van der Waals surface area contributed by atoms with Crippen molar-refractivity contribution in [1.29, 1.82) is 0 Å². The van der Waals surface area contributed by atoms with Crippen LogP contribution in [-0.4, -0.2) is 47.6 Å². The Morgan fingerprint density at radius 1 is 1.09 bits per heavy atom. The van der Waals surface area contributed by atoms with Crippen LogP contribution in [0.3, 0.4) is 0 Å². The highest BCUT2D eigenvalue weighted by atomic mass is 19.4. The number of carbonyl (C=O) groups excluding carboxylic acids is 1. The molecule has 0 bridgehead atoms. The van der Waals surface area contributed by atoms with E-state index >= 15 is 0 Å². The molecule has 3 aliphatic rings. The molecule has 0 spiro atoms. The largest absolute Gasteiger partial charge is 0.416 e. The van der Waals surface area contributed by atoms with Gasteiger partial charge in [0.2, 0.25) is 5.91 Å². The quantitative estimate of drug-likeness (QED) is 0.436. The molecular formula is C25H38F3N3O4. The summed E-state index contributed by atoms with van der Waals surface area (Å²) in [5.41, 5.74) is -1.05. The lowest BCUT2D eigenvalue weighted by atomic mass is 9.94. The number of nitro groups is 1. The number of rotatable bonds is 4. The van der Waals surface area contributed by atoms with Gasteiger partial charge in [-0.15, -0.1) is 0 Å². The lowest BCUT2D eigenvalue weighted by Crippen LogP contribution is -2.42. The van der Waals surface area contributed by atoms with E-state index in [2.05, 4.69) is 5.32 Å². The number of nitrogens with zero attached hydrogens (tertiary/aromatic N) is 2. The van der Waals surface area contributed by atoms with E-state index in [9.17, 15) is 28.1 Å². The van der Waals surface area contributed by atoms with Crippen LogP contribution in [0.25, 0.3) is 0 Å². The number of nitro benzene ring substituents is 1. The highest BCUT2D eigenvalue weighted by Gasteiger charge is 2.38. The van der Waals surface area contributed by atoms with Crippen LogP contribution in [-0.2, 0) is 28.7 Å². The number of alkyl halides is 3. The predicted molar refractivity (Wildman–Crippen MR) is 128 cm³/mol. The van der Waals surface area contributed by atoms with Crippen molar-refractivity contribution in [3.05, 3.63) is 38.9 Å². The Morgan fingerprint density at radius 2 is 1.74 bits per heavy atom. The molecule has 1 N–H and O–H groups in total. The fourth-order valence-corrected chi connectivity index (χ4v) is 5.00. The zero-order valence-corrected chi connectivity index (χ0v) is 21.1. The van der Waals surface area contributed by atoms with E-state index in [4.69, 9.17) is 4.74 Å². The van der Waals surface area contributed by atoms with E-state index in [-0.39, 0.29) is 42.9 Å². The van der Waals surface area contributed by atoms with Gasteiger partial charge in [-0.2, -0.15) is 13.2 Å². The van der Waals surface area contributed by atoms with Gasteiger partial charge in [-0.25, -0.2) is 0 Å². The van der Waals surface area contributed by atoms with Crippen molar-refractivity contribution in [1.82, 2.24) is 10.2 Å². The standard InChI is InChI=1S/C21H26F3N3O4.2C2H6/c22-21(23,24)15-9-14-12-26(6-3-18(14)19(11-15)27(29)30)20(28)13-1-2-17(10-13)25-16-4-7-31-8-5-16;2*1-2/h9,11,13,16-17,25H,1-8,10,12H2;2*1-2H3. The summed E-state index contributed by atoms with van der Waals surface area (Å²) in [4.78, 5) is 25.2. The number of hydrogen-bond acceptors (Lipinski definition) is 5. The Kier molecular flexibility index (Phi) is 11.0. The Hall–Kier alpha value is -2.20. The second-order valence-corrected chi connectivity index (χ2v) is 8.66. The summed E-state index contributed by atoms with van der Waals surface area (Å²) in [6.45, 7) is 9.75. The first-order valence-corrected chi connectivity index (χ1v) is 12.7. The van der Waals surface area contributed by atoms with Crippen molar-refractivity contribution in [2.75, 3.05) is 19.8 Å². The molecule has 1 aromatic rings. The van der Waals surface area contributed by atoms with Gasteiger partial charge in [0.25, 0.3) is 5.69 Å². The molecular weight excluding hydrogens is 463 g/mol. The summed E-state index contributed by atoms with van der Waals surface area (Å²) in [5.74, 6) is -0.235. The molecule has 4 rings (SSSR count). The van der Waals surface area contributed by atoms with Crippen molar-refractivity contribution >= 4 is 11.6 Å². The van der Waals surface area contributed by atoms with Gasteiger partial charge in [0, 0.05) is 55.9 Å². The number of nitrogens with one attached hydrogen (secondary N) is 1. The summed E-state index contributed by atoms with van der Waals surface area (Å²) in [6, 6.07) is 2.20. The highest BCUT2D eigenvalue weighted by molar-refractivity contribution is 5.79. The van der Waals surface area contributed by atoms with Gasteiger partial charge >= 0.3 is 6.18 Å². The SMILES string of the molecule is CC.CC.O=C(C1CCC(NC2CCOCC2)C1)N1CCc2c(cc(C(F)(F)F)cc2[N+](=O)[O-])C1. The van der Waals surface area contributed by atoms with Crippen LogP contribution in [0.15, 0.2) is 12.1 Å². The fraction of sp³-hybridized carbons (Fsp3) is 0.720. The summed E-state index contributed by atoms with van der Waals surface area (Å²) >= 11 is 0. The average Bonchev–Trinajstić information content (AvgIpc) is 3.33.